The molecule has 0 fully saturated rings. The first kappa shape index (κ1) is 19.9. The Labute approximate surface area is 157 Å². The summed E-state index contributed by atoms with van der Waals surface area (Å²) in [5.41, 5.74) is 6.46. The summed E-state index contributed by atoms with van der Waals surface area (Å²) in [6, 6.07) is 7.00. The van der Waals surface area contributed by atoms with Crippen LogP contribution in [0.2, 0.25) is 0 Å². The minimum Gasteiger partial charge on any atom is -0.382 e. The van der Waals surface area contributed by atoms with Gasteiger partial charge in [0.1, 0.15) is 10.1 Å². The Morgan fingerprint density at radius 1 is 1.32 bits per heavy atom. The number of rotatable bonds is 7. The quantitative estimate of drug-likeness (QED) is 0.489. The Hall–Kier alpha value is -1.45. The van der Waals surface area contributed by atoms with Crippen molar-refractivity contribution in [1.82, 2.24) is 9.97 Å². The lowest BCUT2D eigenvalue weighted by Gasteiger charge is -2.13. The molecular weight excluding hydrogens is 431 g/mol. The third-order valence-electron chi connectivity index (χ3n) is 3.04. The fraction of sp³-hybridized carbons (Fsp3) is 0.214. The van der Waals surface area contributed by atoms with Gasteiger partial charge < -0.3 is 20.1 Å². The third-order valence-corrected chi connectivity index (χ3v) is 6.93. The third kappa shape index (κ3) is 5.52. The van der Waals surface area contributed by atoms with Crippen LogP contribution in [0.1, 0.15) is 10.5 Å². The Kier molecular flexibility index (Phi) is 6.97. The van der Waals surface area contributed by atoms with E-state index < -0.39 is 13.5 Å². The van der Waals surface area contributed by atoms with Gasteiger partial charge in [-0.3, -0.25) is 9.36 Å². The molecule has 3 N–H and O–H groups in total. The van der Waals surface area contributed by atoms with E-state index in [1.807, 2.05) is 0 Å². The van der Waals surface area contributed by atoms with E-state index in [-0.39, 0.29) is 17.0 Å². The molecule has 0 aliphatic rings. The number of carbonyl (C=O) groups is 1. The highest BCUT2D eigenvalue weighted by molar-refractivity contribution is 9.10. The van der Waals surface area contributed by atoms with Crippen molar-refractivity contribution in [2.45, 2.75) is 4.90 Å². The Morgan fingerprint density at radius 2 is 1.96 bits per heavy atom. The smallest absolute Gasteiger partial charge is 0.340 e. The molecule has 1 aromatic carbocycles. The standard InChI is InChI=1S/C14H16BrN4O4PS/c1-22-24(21,23-2)8-25-10-5-3-9(4-6-10)18-14(20)12-13(16)17-7-11(15)19-12/h3-7H,8H2,1-2H3,(H2,16,17)(H,18,20). The number of nitrogens with zero attached hydrogens (tertiary/aromatic N) is 2. The number of nitrogen functional groups attached to an aromatic ring is 1. The summed E-state index contributed by atoms with van der Waals surface area (Å²) in [4.78, 5) is 21.0. The summed E-state index contributed by atoms with van der Waals surface area (Å²) in [5, 5.41) is 2.69. The maximum absolute atomic E-state index is 12.2. The fourth-order valence-electron chi connectivity index (χ4n) is 1.70. The number of carbonyl (C=O) groups excluding carboxylic acids is 1. The molecular formula is C14H16BrN4O4PS. The molecule has 0 atom stereocenters. The molecule has 0 saturated carbocycles. The molecule has 25 heavy (non-hydrogen) atoms. The molecule has 1 amide bonds. The van der Waals surface area contributed by atoms with Gasteiger partial charge in [-0.2, -0.15) is 0 Å². The van der Waals surface area contributed by atoms with Gasteiger partial charge in [-0.1, -0.05) is 0 Å². The number of amides is 1. The first-order valence-corrected chi connectivity index (χ1v) is 10.4. The number of halogens is 1. The number of hydrogen-bond donors (Lipinski definition) is 2. The number of aromatic nitrogens is 2. The summed E-state index contributed by atoms with van der Waals surface area (Å²) in [5.74, 6) is -0.419. The van der Waals surface area contributed by atoms with Crippen molar-refractivity contribution in [3.8, 4) is 0 Å². The van der Waals surface area contributed by atoms with Crippen LogP contribution in [-0.2, 0) is 13.6 Å². The molecule has 1 aromatic heterocycles. The van der Waals surface area contributed by atoms with Crippen LogP contribution in [0.3, 0.4) is 0 Å². The summed E-state index contributed by atoms with van der Waals surface area (Å²) in [7, 11) is -0.377. The molecule has 0 radical (unpaired) electrons. The second-order valence-corrected chi connectivity index (χ2v) is 9.21. The van der Waals surface area contributed by atoms with Gasteiger partial charge in [0.2, 0.25) is 0 Å². The van der Waals surface area contributed by atoms with Gasteiger partial charge in [-0.25, -0.2) is 9.97 Å². The van der Waals surface area contributed by atoms with Crippen molar-refractivity contribution >= 4 is 52.7 Å². The van der Waals surface area contributed by atoms with Crippen LogP contribution in [0.15, 0.2) is 40.0 Å². The van der Waals surface area contributed by atoms with Gasteiger partial charge in [-0.05, 0) is 40.2 Å². The maximum atomic E-state index is 12.2. The molecule has 134 valence electrons. The van der Waals surface area contributed by atoms with Crippen LogP contribution in [-0.4, -0.2) is 35.6 Å². The number of thioether (sulfide) groups is 1. The van der Waals surface area contributed by atoms with Crippen molar-refractivity contribution in [3.63, 3.8) is 0 Å². The fourth-order valence-corrected chi connectivity index (χ4v) is 4.53. The molecule has 0 aliphatic heterocycles. The van der Waals surface area contributed by atoms with E-state index >= 15 is 0 Å². The summed E-state index contributed by atoms with van der Waals surface area (Å²) in [6.07, 6.45) is 1.41. The lowest BCUT2D eigenvalue weighted by atomic mass is 10.3. The van der Waals surface area contributed by atoms with E-state index in [2.05, 4.69) is 31.2 Å². The van der Waals surface area contributed by atoms with E-state index in [4.69, 9.17) is 14.8 Å². The lowest BCUT2D eigenvalue weighted by molar-refractivity contribution is 0.102. The van der Waals surface area contributed by atoms with Gasteiger partial charge >= 0.3 is 7.60 Å². The van der Waals surface area contributed by atoms with Gasteiger partial charge in [0.15, 0.2) is 11.5 Å². The predicted octanol–water partition coefficient (Wildman–Crippen LogP) is 3.61. The first-order valence-electron chi connectivity index (χ1n) is 6.89. The van der Waals surface area contributed by atoms with E-state index in [1.54, 1.807) is 24.3 Å². The van der Waals surface area contributed by atoms with Crippen LogP contribution in [0.4, 0.5) is 11.5 Å². The lowest BCUT2D eigenvalue weighted by Crippen LogP contribution is -2.16. The summed E-state index contributed by atoms with van der Waals surface area (Å²) >= 11 is 4.48. The van der Waals surface area contributed by atoms with Crippen molar-refractivity contribution in [3.05, 3.63) is 40.8 Å². The number of nitrogens with two attached hydrogens (primary N) is 1. The molecule has 0 aliphatic carbocycles. The summed E-state index contributed by atoms with van der Waals surface area (Å²) < 4.78 is 22.2. The molecule has 0 unspecified atom stereocenters. The van der Waals surface area contributed by atoms with E-state index in [1.165, 1.54) is 32.2 Å². The SMILES string of the molecule is COP(=O)(CSc1ccc(NC(=O)c2nc(Br)cnc2N)cc1)OC. The van der Waals surface area contributed by atoms with E-state index in [9.17, 15) is 9.36 Å². The van der Waals surface area contributed by atoms with Gasteiger partial charge in [-0.15, -0.1) is 11.8 Å². The highest BCUT2D eigenvalue weighted by Crippen LogP contribution is 2.50. The molecule has 11 heteroatoms. The number of benzene rings is 1. The number of hydrogen-bond acceptors (Lipinski definition) is 8. The Morgan fingerprint density at radius 3 is 2.56 bits per heavy atom. The normalized spacial score (nSPS) is 11.3. The van der Waals surface area contributed by atoms with Crippen LogP contribution < -0.4 is 11.1 Å². The monoisotopic (exact) mass is 446 g/mol. The van der Waals surface area contributed by atoms with Crippen LogP contribution >= 0.6 is 35.3 Å². The minimum atomic E-state index is -3.07. The van der Waals surface area contributed by atoms with Crippen molar-refractivity contribution < 1.29 is 18.4 Å². The number of nitrogens with one attached hydrogen (secondary N) is 1. The van der Waals surface area contributed by atoms with Gasteiger partial charge in [0.05, 0.1) is 6.20 Å². The molecule has 0 saturated heterocycles. The first-order chi connectivity index (χ1) is 11.9. The average Bonchev–Trinajstić information content (AvgIpc) is 2.62. The molecule has 0 spiro atoms. The minimum absolute atomic E-state index is 0.0361. The summed E-state index contributed by atoms with van der Waals surface area (Å²) in [6.45, 7) is 0. The largest absolute Gasteiger partial charge is 0.382 e. The van der Waals surface area contributed by atoms with Gasteiger partial charge in [0, 0.05) is 24.8 Å². The van der Waals surface area contributed by atoms with Crippen LogP contribution in [0.25, 0.3) is 0 Å². The average molecular weight is 447 g/mol. The van der Waals surface area contributed by atoms with Crippen LogP contribution in [0, 0.1) is 0 Å². The Bertz CT molecular complexity index is 798. The van der Waals surface area contributed by atoms with Gasteiger partial charge in [0.25, 0.3) is 5.91 Å². The predicted molar refractivity (Wildman–Crippen MR) is 101 cm³/mol. The van der Waals surface area contributed by atoms with Crippen molar-refractivity contribution in [2.75, 3.05) is 30.8 Å². The highest BCUT2D eigenvalue weighted by atomic mass is 79.9. The Balaban J connectivity index is 2.01. The zero-order chi connectivity index (χ0) is 18.4. The van der Waals surface area contributed by atoms with Crippen molar-refractivity contribution in [1.29, 1.82) is 0 Å². The van der Waals surface area contributed by atoms with Crippen molar-refractivity contribution in [2.24, 2.45) is 0 Å². The van der Waals surface area contributed by atoms with E-state index in [0.717, 1.165) is 4.90 Å². The molecule has 2 rings (SSSR count). The zero-order valence-electron chi connectivity index (χ0n) is 13.4. The molecule has 2 aromatic rings. The second-order valence-electron chi connectivity index (χ2n) is 4.65. The molecule has 0 bridgehead atoms. The maximum Gasteiger partial charge on any atom is 0.340 e. The topological polar surface area (TPSA) is 116 Å². The molecule has 1 heterocycles. The number of anilines is 2. The van der Waals surface area contributed by atoms with E-state index in [0.29, 0.717) is 10.3 Å². The highest BCUT2D eigenvalue weighted by Gasteiger charge is 2.21. The second kappa shape index (κ2) is 8.77. The van der Waals surface area contributed by atoms with Crippen LogP contribution in [0.5, 0.6) is 0 Å². The molecule has 8 nitrogen and oxygen atoms in total. The zero-order valence-corrected chi connectivity index (χ0v) is 16.7.